The van der Waals surface area contributed by atoms with Crippen molar-refractivity contribution in [3.05, 3.63) is 158 Å². The zero-order valence-corrected chi connectivity index (χ0v) is 36.7. The van der Waals surface area contributed by atoms with Gasteiger partial charge in [0.1, 0.15) is 13.2 Å². The van der Waals surface area contributed by atoms with Gasteiger partial charge in [-0.25, -0.2) is 0 Å². The summed E-state index contributed by atoms with van der Waals surface area (Å²) < 4.78 is 16.6. The highest BCUT2D eigenvalue weighted by Gasteiger charge is 2.19. The van der Waals surface area contributed by atoms with Gasteiger partial charge in [0.05, 0.1) is 0 Å². The lowest BCUT2D eigenvalue weighted by atomic mass is 10.1. The summed E-state index contributed by atoms with van der Waals surface area (Å²) in [6, 6.07) is 0. The van der Waals surface area contributed by atoms with E-state index in [0.29, 0.717) is 19.3 Å². The Kier molecular flexibility index (Phi) is 41.9. The molecule has 0 aromatic heterocycles. The molecule has 0 aromatic rings. The quantitative estimate of drug-likeness (QED) is 0.0271. The molecule has 0 aliphatic rings. The number of allylic oxidation sites excluding steroid dienone is 26. The number of ether oxygens (including phenoxy) is 3. The number of esters is 3. The summed E-state index contributed by atoms with van der Waals surface area (Å²) in [5.41, 5.74) is 0. The molecule has 0 rings (SSSR count). The van der Waals surface area contributed by atoms with Crippen LogP contribution in [0.2, 0.25) is 0 Å². The minimum absolute atomic E-state index is 0.137. The zero-order chi connectivity index (χ0) is 43.0. The topological polar surface area (TPSA) is 78.9 Å². The van der Waals surface area contributed by atoms with Crippen molar-refractivity contribution >= 4 is 17.9 Å². The van der Waals surface area contributed by atoms with Crippen molar-refractivity contribution in [3.63, 3.8) is 0 Å². The Morgan fingerprint density at radius 2 is 0.610 bits per heavy atom. The molecule has 1 atom stereocenters. The van der Waals surface area contributed by atoms with Gasteiger partial charge >= 0.3 is 17.9 Å². The summed E-state index contributed by atoms with van der Waals surface area (Å²) in [5.74, 6) is -1.08. The first kappa shape index (κ1) is 54.0. The molecule has 1 unspecified atom stereocenters. The third-order valence-electron chi connectivity index (χ3n) is 8.33. The van der Waals surface area contributed by atoms with Crippen LogP contribution in [0.1, 0.15) is 136 Å². The molecule has 0 amide bonds. The van der Waals surface area contributed by atoms with E-state index >= 15 is 0 Å². The molecule has 0 fully saturated rings. The molecule has 0 aromatic carbocycles. The van der Waals surface area contributed by atoms with Crippen LogP contribution in [-0.2, 0) is 28.6 Å². The Balaban J connectivity index is 4.65. The van der Waals surface area contributed by atoms with Crippen molar-refractivity contribution in [2.45, 2.75) is 142 Å². The number of hydrogen-bond acceptors (Lipinski definition) is 6. The van der Waals surface area contributed by atoms with Crippen molar-refractivity contribution in [1.82, 2.24) is 0 Å². The first-order valence-electron chi connectivity index (χ1n) is 22.2. The molecule has 6 nitrogen and oxygen atoms in total. The molecule has 0 saturated heterocycles. The van der Waals surface area contributed by atoms with Gasteiger partial charge in [-0.3, -0.25) is 14.4 Å². The van der Waals surface area contributed by atoms with Crippen LogP contribution in [-0.4, -0.2) is 37.2 Å². The molecule has 59 heavy (non-hydrogen) atoms. The van der Waals surface area contributed by atoms with Gasteiger partial charge < -0.3 is 14.2 Å². The summed E-state index contributed by atoms with van der Waals surface area (Å²) >= 11 is 0. The lowest BCUT2D eigenvalue weighted by Crippen LogP contribution is -2.30. The standard InChI is InChI=1S/C53H76O6/c1-4-7-10-13-16-19-22-25-26-29-31-34-37-40-43-46-52(55)58-49-50(59-53(56)47-44-41-38-35-32-28-24-21-18-15-12-9-6-3)48-57-51(54)45-42-39-36-33-30-27-23-20-17-14-11-8-5-2/h7-32,50H,4-6,33-49H2,1-3H3/b10-7-,11-8-,12-9-,16-13-,17-14-,18-15-,22-19-,23-20-,24-21-,26-25-,30-27-,31-29-,32-28-. The summed E-state index contributed by atoms with van der Waals surface area (Å²) in [6.45, 7) is 6.05. The molecular weight excluding hydrogens is 733 g/mol. The Bertz CT molecular complexity index is 1440. The highest BCUT2D eigenvalue weighted by molar-refractivity contribution is 5.71. The molecule has 0 heterocycles. The Morgan fingerprint density at radius 1 is 0.339 bits per heavy atom. The predicted octanol–water partition coefficient (Wildman–Crippen LogP) is 14.3. The Morgan fingerprint density at radius 3 is 0.915 bits per heavy atom. The van der Waals surface area contributed by atoms with E-state index in [1.165, 1.54) is 0 Å². The normalized spacial score (nSPS) is 13.6. The zero-order valence-electron chi connectivity index (χ0n) is 36.7. The van der Waals surface area contributed by atoms with E-state index in [4.69, 9.17) is 14.2 Å². The molecule has 0 radical (unpaired) electrons. The highest BCUT2D eigenvalue weighted by Crippen LogP contribution is 2.10. The molecule has 0 N–H and O–H groups in total. The third-order valence-corrected chi connectivity index (χ3v) is 8.33. The third kappa shape index (κ3) is 44.0. The van der Waals surface area contributed by atoms with Crippen molar-refractivity contribution in [2.75, 3.05) is 13.2 Å². The van der Waals surface area contributed by atoms with Gasteiger partial charge in [-0.05, 0) is 77.0 Å². The minimum Gasteiger partial charge on any atom is -0.462 e. The van der Waals surface area contributed by atoms with Crippen LogP contribution in [0.15, 0.2) is 158 Å². The van der Waals surface area contributed by atoms with Gasteiger partial charge in [-0.15, -0.1) is 0 Å². The maximum Gasteiger partial charge on any atom is 0.306 e. The van der Waals surface area contributed by atoms with E-state index < -0.39 is 6.10 Å². The fourth-order valence-electron chi connectivity index (χ4n) is 5.07. The molecule has 0 aliphatic heterocycles. The monoisotopic (exact) mass is 809 g/mol. The summed E-state index contributed by atoms with van der Waals surface area (Å²) in [4.78, 5) is 37.8. The van der Waals surface area contributed by atoms with E-state index in [2.05, 4.69) is 57.2 Å². The van der Waals surface area contributed by atoms with Crippen molar-refractivity contribution in [1.29, 1.82) is 0 Å². The van der Waals surface area contributed by atoms with Crippen LogP contribution in [0.5, 0.6) is 0 Å². The Hall–Kier alpha value is -4.97. The van der Waals surface area contributed by atoms with E-state index in [9.17, 15) is 14.4 Å². The number of carbonyl (C=O) groups is 3. The Labute approximate surface area is 359 Å². The molecular formula is C53H76O6. The number of hydrogen-bond donors (Lipinski definition) is 0. The van der Waals surface area contributed by atoms with Crippen LogP contribution in [0.4, 0.5) is 0 Å². The molecule has 0 spiro atoms. The second kappa shape index (κ2) is 45.7. The van der Waals surface area contributed by atoms with Gasteiger partial charge in [-0.2, -0.15) is 0 Å². The van der Waals surface area contributed by atoms with Crippen LogP contribution in [0.3, 0.4) is 0 Å². The summed E-state index contributed by atoms with van der Waals surface area (Å²) in [5, 5.41) is 0. The van der Waals surface area contributed by atoms with E-state index in [1.807, 2.05) is 122 Å². The van der Waals surface area contributed by atoms with E-state index in [-0.39, 0.29) is 50.4 Å². The number of carbonyl (C=O) groups excluding carboxylic acids is 3. The smallest absolute Gasteiger partial charge is 0.306 e. The van der Waals surface area contributed by atoms with Gasteiger partial charge in [0, 0.05) is 19.3 Å². The second-order valence-electron chi connectivity index (χ2n) is 13.8. The van der Waals surface area contributed by atoms with Gasteiger partial charge in [0.15, 0.2) is 6.10 Å². The lowest BCUT2D eigenvalue weighted by Gasteiger charge is -2.18. The van der Waals surface area contributed by atoms with Crippen LogP contribution < -0.4 is 0 Å². The molecule has 0 saturated carbocycles. The van der Waals surface area contributed by atoms with Gasteiger partial charge in [0.25, 0.3) is 0 Å². The summed E-state index contributed by atoms with van der Waals surface area (Å²) in [7, 11) is 0. The van der Waals surface area contributed by atoms with Gasteiger partial charge in [-0.1, -0.05) is 198 Å². The van der Waals surface area contributed by atoms with Crippen LogP contribution >= 0.6 is 0 Å². The molecule has 0 bridgehead atoms. The molecule has 0 aliphatic carbocycles. The van der Waals surface area contributed by atoms with Crippen molar-refractivity contribution in [2.24, 2.45) is 0 Å². The van der Waals surface area contributed by atoms with E-state index in [1.54, 1.807) is 0 Å². The SMILES string of the molecule is CC\C=C/C=C\C=C/C=C\C=C/CCCCCC(=O)OCC(COC(=O)CCCCC\C=C/C=C\C=C/C=C\CC)OC(=O)CCCCC\C=C/C=C\C=C/C=C\CC. The van der Waals surface area contributed by atoms with Crippen LogP contribution in [0.25, 0.3) is 0 Å². The minimum atomic E-state index is -0.839. The fourth-order valence-corrected chi connectivity index (χ4v) is 5.07. The number of rotatable bonds is 36. The van der Waals surface area contributed by atoms with Crippen molar-refractivity contribution in [3.8, 4) is 0 Å². The predicted molar refractivity (Wildman–Crippen MR) is 251 cm³/mol. The maximum absolute atomic E-state index is 12.7. The van der Waals surface area contributed by atoms with E-state index in [0.717, 1.165) is 77.0 Å². The highest BCUT2D eigenvalue weighted by atomic mass is 16.6. The first-order chi connectivity index (χ1) is 29.0. The average Bonchev–Trinajstić information content (AvgIpc) is 3.23. The lowest BCUT2D eigenvalue weighted by molar-refractivity contribution is -0.167. The van der Waals surface area contributed by atoms with Crippen LogP contribution in [0, 0.1) is 0 Å². The maximum atomic E-state index is 12.7. The number of unbranched alkanes of at least 4 members (excludes halogenated alkanes) is 9. The fraction of sp³-hybridized carbons (Fsp3) is 0.453. The van der Waals surface area contributed by atoms with Crippen molar-refractivity contribution < 1.29 is 28.6 Å². The second-order valence-corrected chi connectivity index (χ2v) is 13.8. The molecule has 324 valence electrons. The molecule has 6 heteroatoms. The summed E-state index contributed by atoms with van der Waals surface area (Å²) in [6.07, 6.45) is 66.5. The average molecular weight is 809 g/mol. The first-order valence-corrected chi connectivity index (χ1v) is 22.2. The largest absolute Gasteiger partial charge is 0.462 e. The van der Waals surface area contributed by atoms with Gasteiger partial charge in [0.2, 0.25) is 0 Å².